The molecular formula is C17H23N3O3. The second-order valence-electron chi connectivity index (χ2n) is 6.45. The van der Waals surface area contributed by atoms with Crippen molar-refractivity contribution in [1.82, 2.24) is 9.80 Å². The number of β-amino-alcohol motifs (C(OH)–C–C–N with tert-alkyl or cyclic N) is 1. The Morgan fingerprint density at radius 1 is 1.39 bits per heavy atom. The summed E-state index contributed by atoms with van der Waals surface area (Å²) < 4.78 is 0. The van der Waals surface area contributed by atoms with Crippen LogP contribution < -0.4 is 5.32 Å². The van der Waals surface area contributed by atoms with Gasteiger partial charge >= 0.3 is 6.03 Å². The van der Waals surface area contributed by atoms with Crippen LogP contribution in [0, 0.1) is 5.92 Å². The monoisotopic (exact) mass is 317 g/mol. The first-order chi connectivity index (χ1) is 11.0. The smallest absolute Gasteiger partial charge is 0.321 e. The van der Waals surface area contributed by atoms with Crippen LogP contribution in [0.1, 0.15) is 25.8 Å². The van der Waals surface area contributed by atoms with E-state index in [0.717, 1.165) is 17.7 Å². The Balaban J connectivity index is 1.93. The number of rotatable bonds is 2. The first-order valence-corrected chi connectivity index (χ1v) is 8.13. The highest BCUT2D eigenvalue weighted by atomic mass is 16.3. The molecule has 1 unspecified atom stereocenters. The highest BCUT2D eigenvalue weighted by Gasteiger charge is 2.41. The van der Waals surface area contributed by atoms with E-state index in [1.54, 1.807) is 9.80 Å². The SMILES string of the molecule is CCC(C)[C@H]1C(=O)Nc2ccccc2CN1C(=O)N1CC(O)C1. The number of urea groups is 1. The van der Waals surface area contributed by atoms with Gasteiger partial charge in [0, 0.05) is 5.69 Å². The Kier molecular flexibility index (Phi) is 4.26. The van der Waals surface area contributed by atoms with E-state index >= 15 is 0 Å². The summed E-state index contributed by atoms with van der Waals surface area (Å²) >= 11 is 0. The van der Waals surface area contributed by atoms with Gasteiger partial charge in [0.1, 0.15) is 6.04 Å². The Morgan fingerprint density at radius 3 is 2.74 bits per heavy atom. The summed E-state index contributed by atoms with van der Waals surface area (Å²) in [7, 11) is 0. The Bertz CT molecular complexity index is 613. The molecule has 0 saturated carbocycles. The van der Waals surface area contributed by atoms with E-state index in [4.69, 9.17) is 0 Å². The van der Waals surface area contributed by atoms with E-state index in [0.29, 0.717) is 19.6 Å². The number of hydrogen-bond donors (Lipinski definition) is 2. The summed E-state index contributed by atoms with van der Waals surface area (Å²) in [4.78, 5) is 28.8. The lowest BCUT2D eigenvalue weighted by Crippen LogP contribution is -2.60. The van der Waals surface area contributed by atoms with Crippen molar-refractivity contribution in [2.75, 3.05) is 18.4 Å². The molecule has 2 heterocycles. The number of carbonyl (C=O) groups excluding carboxylic acids is 2. The van der Waals surface area contributed by atoms with Crippen LogP contribution in [0.2, 0.25) is 0 Å². The number of aliphatic hydroxyl groups excluding tert-OH is 1. The van der Waals surface area contributed by atoms with Gasteiger partial charge in [-0.15, -0.1) is 0 Å². The van der Waals surface area contributed by atoms with Gasteiger partial charge < -0.3 is 20.2 Å². The fourth-order valence-corrected chi connectivity index (χ4v) is 3.18. The average Bonchev–Trinajstić information content (AvgIpc) is 2.66. The maximum atomic E-state index is 12.8. The maximum Gasteiger partial charge on any atom is 0.321 e. The van der Waals surface area contributed by atoms with Gasteiger partial charge in [-0.3, -0.25) is 4.79 Å². The van der Waals surface area contributed by atoms with Gasteiger partial charge in [-0.2, -0.15) is 0 Å². The number of anilines is 1. The van der Waals surface area contributed by atoms with Crippen molar-refractivity contribution in [3.63, 3.8) is 0 Å². The molecule has 1 aromatic carbocycles. The Labute approximate surface area is 136 Å². The number of aliphatic hydroxyl groups is 1. The number of fused-ring (bicyclic) bond motifs is 1. The van der Waals surface area contributed by atoms with Crippen LogP contribution in [0.5, 0.6) is 0 Å². The molecule has 2 N–H and O–H groups in total. The molecule has 0 aliphatic carbocycles. The standard InChI is InChI=1S/C17H23N3O3/c1-3-11(2)15-16(22)18-14-7-5-4-6-12(14)8-20(15)17(23)19-9-13(21)10-19/h4-7,11,13,15,21H,3,8-10H2,1-2H3,(H,18,22)/t11?,15-/m0/s1. The second kappa shape index (κ2) is 6.20. The predicted octanol–water partition coefficient (Wildman–Crippen LogP) is 1.65. The van der Waals surface area contributed by atoms with Crippen LogP contribution >= 0.6 is 0 Å². The topological polar surface area (TPSA) is 72.9 Å². The number of hydrogen-bond acceptors (Lipinski definition) is 3. The fourth-order valence-electron chi connectivity index (χ4n) is 3.18. The summed E-state index contributed by atoms with van der Waals surface area (Å²) in [5.74, 6) is -0.0850. The van der Waals surface area contributed by atoms with Crippen molar-refractivity contribution in [2.45, 2.75) is 39.0 Å². The summed E-state index contributed by atoms with van der Waals surface area (Å²) in [6, 6.07) is 6.90. The molecule has 0 spiro atoms. The van der Waals surface area contributed by atoms with E-state index in [1.165, 1.54) is 0 Å². The Hall–Kier alpha value is -2.08. The molecule has 2 aliphatic rings. The van der Waals surface area contributed by atoms with Crippen molar-refractivity contribution < 1.29 is 14.7 Å². The van der Waals surface area contributed by atoms with Crippen molar-refractivity contribution in [1.29, 1.82) is 0 Å². The molecule has 0 radical (unpaired) electrons. The summed E-state index contributed by atoms with van der Waals surface area (Å²) in [6.07, 6.45) is 0.356. The van der Waals surface area contributed by atoms with Gasteiger partial charge in [0.2, 0.25) is 5.91 Å². The van der Waals surface area contributed by atoms with Gasteiger partial charge in [-0.1, -0.05) is 38.5 Å². The lowest BCUT2D eigenvalue weighted by atomic mass is 9.96. The lowest BCUT2D eigenvalue weighted by Gasteiger charge is -2.42. The zero-order valence-corrected chi connectivity index (χ0v) is 13.5. The summed E-state index contributed by atoms with van der Waals surface area (Å²) in [6.45, 7) is 5.09. The van der Waals surface area contributed by atoms with E-state index in [1.807, 2.05) is 38.1 Å². The van der Waals surface area contributed by atoms with Crippen LogP contribution in [-0.2, 0) is 11.3 Å². The minimum Gasteiger partial charge on any atom is -0.389 e. The van der Waals surface area contributed by atoms with Crippen molar-refractivity contribution >= 4 is 17.6 Å². The van der Waals surface area contributed by atoms with Crippen LogP contribution in [0.25, 0.3) is 0 Å². The molecule has 2 aliphatic heterocycles. The summed E-state index contributed by atoms with van der Waals surface area (Å²) in [5, 5.41) is 12.4. The van der Waals surface area contributed by atoms with E-state index in [9.17, 15) is 14.7 Å². The molecule has 0 aromatic heterocycles. The molecule has 1 saturated heterocycles. The number of amides is 3. The van der Waals surface area contributed by atoms with Crippen LogP contribution in [0.4, 0.5) is 10.5 Å². The van der Waals surface area contributed by atoms with Crippen molar-refractivity contribution in [2.24, 2.45) is 5.92 Å². The van der Waals surface area contributed by atoms with E-state index in [2.05, 4.69) is 5.32 Å². The first-order valence-electron chi connectivity index (χ1n) is 8.13. The quantitative estimate of drug-likeness (QED) is 0.871. The maximum absolute atomic E-state index is 12.8. The predicted molar refractivity (Wildman–Crippen MR) is 86.8 cm³/mol. The van der Waals surface area contributed by atoms with Gasteiger partial charge in [0.25, 0.3) is 0 Å². The van der Waals surface area contributed by atoms with Crippen LogP contribution in [0.3, 0.4) is 0 Å². The van der Waals surface area contributed by atoms with Gasteiger partial charge in [-0.25, -0.2) is 4.79 Å². The van der Waals surface area contributed by atoms with Gasteiger partial charge in [-0.05, 0) is 17.5 Å². The fraction of sp³-hybridized carbons (Fsp3) is 0.529. The number of para-hydroxylation sites is 1. The molecule has 124 valence electrons. The molecule has 1 aromatic rings. The average molecular weight is 317 g/mol. The molecule has 3 rings (SSSR count). The zero-order valence-electron chi connectivity index (χ0n) is 13.5. The molecule has 2 atom stereocenters. The molecule has 0 bridgehead atoms. The minimum atomic E-state index is -0.502. The normalized spacial score (nSPS) is 22.7. The van der Waals surface area contributed by atoms with Crippen molar-refractivity contribution in [3.05, 3.63) is 29.8 Å². The van der Waals surface area contributed by atoms with Crippen molar-refractivity contribution in [3.8, 4) is 0 Å². The third-order valence-electron chi connectivity index (χ3n) is 4.78. The molecule has 3 amide bonds. The number of carbonyl (C=O) groups is 2. The van der Waals surface area contributed by atoms with Crippen LogP contribution in [-0.4, -0.2) is 52.1 Å². The highest BCUT2D eigenvalue weighted by molar-refractivity contribution is 5.98. The third kappa shape index (κ3) is 2.91. The number of nitrogens with one attached hydrogen (secondary N) is 1. The minimum absolute atomic E-state index is 0.0551. The zero-order chi connectivity index (χ0) is 16.6. The highest BCUT2D eigenvalue weighted by Crippen LogP contribution is 2.28. The number of likely N-dealkylation sites (tertiary alicyclic amines) is 1. The molecule has 1 fully saturated rings. The lowest BCUT2D eigenvalue weighted by molar-refractivity contribution is -0.122. The van der Waals surface area contributed by atoms with E-state index in [-0.39, 0.29) is 17.9 Å². The van der Waals surface area contributed by atoms with E-state index < -0.39 is 12.1 Å². The number of nitrogens with zero attached hydrogens (tertiary/aromatic N) is 2. The molecule has 6 nitrogen and oxygen atoms in total. The number of benzene rings is 1. The molecule has 6 heteroatoms. The van der Waals surface area contributed by atoms with Gasteiger partial charge in [0.15, 0.2) is 0 Å². The Morgan fingerprint density at radius 2 is 2.09 bits per heavy atom. The largest absolute Gasteiger partial charge is 0.389 e. The molecule has 23 heavy (non-hydrogen) atoms. The first kappa shape index (κ1) is 15.8. The van der Waals surface area contributed by atoms with Gasteiger partial charge in [0.05, 0.1) is 25.7 Å². The third-order valence-corrected chi connectivity index (χ3v) is 4.78. The van der Waals surface area contributed by atoms with Crippen LogP contribution in [0.15, 0.2) is 24.3 Å². The summed E-state index contributed by atoms with van der Waals surface area (Å²) in [5.41, 5.74) is 1.70. The second-order valence-corrected chi connectivity index (χ2v) is 6.45. The molecular weight excluding hydrogens is 294 g/mol.